The molecule has 0 aliphatic carbocycles. The highest BCUT2D eigenvalue weighted by Gasteiger charge is 2.24. The van der Waals surface area contributed by atoms with Gasteiger partial charge in [0.15, 0.2) is 0 Å². The summed E-state index contributed by atoms with van der Waals surface area (Å²) in [6, 6.07) is 10.7. The largest absolute Gasteiger partial charge is 0.459 e. The van der Waals surface area contributed by atoms with E-state index in [1.807, 2.05) is 18.2 Å². The van der Waals surface area contributed by atoms with Gasteiger partial charge in [0.1, 0.15) is 11.3 Å². The van der Waals surface area contributed by atoms with Gasteiger partial charge in [-0.05, 0) is 31.9 Å². The van der Waals surface area contributed by atoms with Gasteiger partial charge in [-0.25, -0.2) is 4.79 Å². The molecule has 1 fully saturated rings. The Kier molecular flexibility index (Phi) is 4.34. The summed E-state index contributed by atoms with van der Waals surface area (Å²) in [4.78, 5) is 13.2. The van der Waals surface area contributed by atoms with Crippen molar-refractivity contribution in [1.29, 1.82) is 0 Å². The molecule has 1 aromatic heterocycles. The van der Waals surface area contributed by atoms with Crippen molar-refractivity contribution >= 4 is 17.1 Å². The van der Waals surface area contributed by atoms with E-state index in [1.165, 1.54) is 7.11 Å². The lowest BCUT2D eigenvalue weighted by Crippen LogP contribution is -2.45. The summed E-state index contributed by atoms with van der Waals surface area (Å²) in [6.45, 7) is 3.58. The van der Waals surface area contributed by atoms with Crippen LogP contribution in [0, 0.1) is 0 Å². The molecular weight excluding hydrogens is 280 g/mol. The molecule has 22 heavy (non-hydrogen) atoms. The van der Waals surface area contributed by atoms with Crippen molar-refractivity contribution in [2.75, 3.05) is 20.2 Å². The molecule has 0 radical (unpaired) electrons. The third-order valence-corrected chi connectivity index (χ3v) is 4.28. The Hall–Kier alpha value is -2.01. The first-order valence-corrected chi connectivity index (χ1v) is 7.75. The fourth-order valence-corrected chi connectivity index (χ4v) is 3.01. The van der Waals surface area contributed by atoms with Gasteiger partial charge in [0, 0.05) is 24.5 Å². The van der Waals surface area contributed by atoms with Crippen molar-refractivity contribution in [1.82, 2.24) is 10.2 Å². The zero-order chi connectivity index (χ0) is 15.5. The fourth-order valence-electron chi connectivity index (χ4n) is 3.01. The predicted octanol–water partition coefficient (Wildman–Crippen LogP) is 3.31. The predicted molar refractivity (Wildman–Crippen MR) is 84.8 cm³/mol. The van der Waals surface area contributed by atoms with Crippen LogP contribution in [0.2, 0.25) is 0 Å². The highest BCUT2D eigenvalue weighted by Crippen LogP contribution is 2.25. The van der Waals surface area contributed by atoms with E-state index < -0.39 is 0 Å². The van der Waals surface area contributed by atoms with E-state index in [-0.39, 0.29) is 12.1 Å². The molecule has 1 aliphatic rings. The molecule has 1 aliphatic heterocycles. The zero-order valence-electron chi connectivity index (χ0n) is 13.0. The van der Waals surface area contributed by atoms with Crippen LogP contribution >= 0.6 is 0 Å². The van der Waals surface area contributed by atoms with Gasteiger partial charge in [0.05, 0.1) is 13.2 Å². The first kappa shape index (κ1) is 14.9. The van der Waals surface area contributed by atoms with Crippen LogP contribution in [-0.4, -0.2) is 37.2 Å². The Balaban J connectivity index is 1.58. The number of methoxy groups -OCH3 is 1. The molecule has 1 N–H and O–H groups in total. The van der Waals surface area contributed by atoms with E-state index in [0.717, 1.165) is 42.7 Å². The molecule has 1 aromatic carbocycles. The molecule has 2 aromatic rings. The van der Waals surface area contributed by atoms with Crippen molar-refractivity contribution in [2.45, 2.75) is 31.8 Å². The lowest BCUT2D eigenvalue weighted by Gasteiger charge is -2.32. The summed E-state index contributed by atoms with van der Waals surface area (Å²) in [5, 5.41) is 4.73. The van der Waals surface area contributed by atoms with Crippen LogP contribution < -0.4 is 5.32 Å². The number of likely N-dealkylation sites (tertiary alicyclic amines) is 1. The van der Waals surface area contributed by atoms with E-state index in [9.17, 15) is 4.79 Å². The monoisotopic (exact) mass is 302 g/mol. The number of hydrogen-bond acceptors (Lipinski definition) is 4. The minimum Gasteiger partial charge on any atom is -0.459 e. The van der Waals surface area contributed by atoms with Gasteiger partial charge >= 0.3 is 6.09 Å². The highest BCUT2D eigenvalue weighted by molar-refractivity contribution is 5.77. The highest BCUT2D eigenvalue weighted by atomic mass is 16.5. The lowest BCUT2D eigenvalue weighted by atomic mass is 10.0. The van der Waals surface area contributed by atoms with E-state index in [1.54, 1.807) is 4.90 Å². The number of ether oxygens (including phenoxy) is 1. The van der Waals surface area contributed by atoms with Crippen LogP contribution in [0.4, 0.5) is 4.79 Å². The number of nitrogens with one attached hydrogen (secondary N) is 1. The topological polar surface area (TPSA) is 54.7 Å². The number of piperidine rings is 1. The molecular formula is C17H22N2O3. The Labute approximate surface area is 130 Å². The number of furan rings is 1. The Morgan fingerprint density at radius 3 is 2.77 bits per heavy atom. The summed E-state index contributed by atoms with van der Waals surface area (Å²) in [7, 11) is 1.43. The third kappa shape index (κ3) is 3.09. The molecule has 1 saturated heterocycles. The Bertz CT molecular complexity index is 611. The molecule has 1 amide bonds. The number of benzene rings is 1. The van der Waals surface area contributed by atoms with Crippen LogP contribution in [0.15, 0.2) is 34.7 Å². The molecule has 0 unspecified atom stereocenters. The number of fused-ring (bicyclic) bond motifs is 1. The normalized spacial score (nSPS) is 17.6. The standard InChI is InChI=1S/C17H22N2O3/c1-12(16-11-13-5-3-4-6-15(13)22-16)18-14-7-9-19(10-8-14)17(20)21-2/h3-6,11-12,14,18H,7-10H2,1-2H3/t12-/m1/s1. The molecule has 118 valence electrons. The van der Waals surface area contributed by atoms with Crippen LogP contribution in [-0.2, 0) is 4.74 Å². The smallest absolute Gasteiger partial charge is 0.409 e. The fraction of sp³-hybridized carbons (Fsp3) is 0.471. The number of amides is 1. The van der Waals surface area contributed by atoms with Crippen LogP contribution in [0.3, 0.4) is 0 Å². The quantitative estimate of drug-likeness (QED) is 0.945. The summed E-state index contributed by atoms with van der Waals surface area (Å²) >= 11 is 0. The third-order valence-electron chi connectivity index (χ3n) is 4.28. The first-order valence-electron chi connectivity index (χ1n) is 7.75. The number of carbonyl (C=O) groups excluding carboxylic acids is 1. The summed E-state index contributed by atoms with van der Waals surface area (Å²) in [6.07, 6.45) is 1.63. The molecule has 5 heteroatoms. The molecule has 0 spiro atoms. The number of carbonyl (C=O) groups is 1. The van der Waals surface area contributed by atoms with Crippen LogP contribution in [0.1, 0.15) is 31.6 Å². The van der Waals surface area contributed by atoms with Crippen molar-refractivity contribution in [3.05, 3.63) is 36.1 Å². The molecule has 0 bridgehead atoms. The van der Waals surface area contributed by atoms with E-state index in [4.69, 9.17) is 9.15 Å². The first-order chi connectivity index (χ1) is 10.7. The van der Waals surface area contributed by atoms with Gasteiger partial charge in [-0.1, -0.05) is 18.2 Å². The SMILES string of the molecule is COC(=O)N1CCC(N[C@H](C)c2cc3ccccc3o2)CC1. The van der Waals surface area contributed by atoms with Crippen molar-refractivity contribution in [3.63, 3.8) is 0 Å². The molecule has 2 heterocycles. The average molecular weight is 302 g/mol. The zero-order valence-corrected chi connectivity index (χ0v) is 13.0. The summed E-state index contributed by atoms with van der Waals surface area (Å²) < 4.78 is 10.7. The molecule has 0 saturated carbocycles. The molecule has 1 atom stereocenters. The van der Waals surface area contributed by atoms with Gasteiger partial charge in [-0.3, -0.25) is 0 Å². The number of rotatable bonds is 3. The van der Waals surface area contributed by atoms with Gasteiger partial charge in [-0.2, -0.15) is 0 Å². The second-order valence-corrected chi connectivity index (χ2v) is 5.81. The average Bonchev–Trinajstić information content (AvgIpc) is 2.99. The summed E-state index contributed by atoms with van der Waals surface area (Å²) in [5.74, 6) is 0.955. The van der Waals surface area contributed by atoms with E-state index in [0.29, 0.717) is 6.04 Å². The Morgan fingerprint density at radius 2 is 2.09 bits per heavy atom. The number of hydrogen-bond donors (Lipinski definition) is 1. The van der Waals surface area contributed by atoms with Gasteiger partial charge < -0.3 is 19.4 Å². The van der Waals surface area contributed by atoms with Crippen molar-refractivity contribution in [2.24, 2.45) is 0 Å². The van der Waals surface area contributed by atoms with Crippen LogP contribution in [0.25, 0.3) is 11.0 Å². The minimum atomic E-state index is -0.233. The summed E-state index contributed by atoms with van der Waals surface area (Å²) in [5.41, 5.74) is 0.923. The number of nitrogens with zero attached hydrogens (tertiary/aromatic N) is 1. The lowest BCUT2D eigenvalue weighted by molar-refractivity contribution is 0.108. The second kappa shape index (κ2) is 6.40. The van der Waals surface area contributed by atoms with Crippen LogP contribution in [0.5, 0.6) is 0 Å². The molecule has 3 rings (SSSR count). The minimum absolute atomic E-state index is 0.155. The second-order valence-electron chi connectivity index (χ2n) is 5.81. The van der Waals surface area contributed by atoms with Crippen molar-refractivity contribution < 1.29 is 13.9 Å². The van der Waals surface area contributed by atoms with Gasteiger partial charge in [0.2, 0.25) is 0 Å². The van der Waals surface area contributed by atoms with Gasteiger partial charge in [0.25, 0.3) is 0 Å². The maximum Gasteiger partial charge on any atom is 0.409 e. The van der Waals surface area contributed by atoms with E-state index in [2.05, 4.69) is 24.4 Å². The maximum absolute atomic E-state index is 11.5. The Morgan fingerprint density at radius 1 is 1.36 bits per heavy atom. The molecule has 5 nitrogen and oxygen atoms in total. The van der Waals surface area contributed by atoms with Crippen molar-refractivity contribution in [3.8, 4) is 0 Å². The van der Waals surface area contributed by atoms with Gasteiger partial charge in [-0.15, -0.1) is 0 Å². The van der Waals surface area contributed by atoms with E-state index >= 15 is 0 Å². The number of para-hydroxylation sites is 1. The maximum atomic E-state index is 11.5.